The van der Waals surface area contributed by atoms with Crippen molar-refractivity contribution in [2.24, 2.45) is 0 Å². The summed E-state index contributed by atoms with van der Waals surface area (Å²) in [6.45, 7) is 2.08. The minimum atomic E-state index is -0.904. The lowest BCUT2D eigenvalue weighted by molar-refractivity contribution is -0.149. The molecule has 112 valence electrons. The van der Waals surface area contributed by atoms with E-state index in [0.717, 1.165) is 5.52 Å². The Kier molecular flexibility index (Phi) is 3.76. The van der Waals surface area contributed by atoms with Crippen molar-refractivity contribution in [1.82, 2.24) is 9.47 Å². The van der Waals surface area contributed by atoms with Crippen LogP contribution in [-0.4, -0.2) is 52.9 Å². The molecule has 2 heterocycles. The number of fused-ring (bicyclic) bond motifs is 1. The molecular weight excluding hydrogens is 276 g/mol. The molecule has 0 aliphatic carbocycles. The summed E-state index contributed by atoms with van der Waals surface area (Å²) in [5.41, 5.74) is 1.27. The molecule has 1 fully saturated rings. The highest BCUT2D eigenvalue weighted by molar-refractivity contribution is 5.74. The maximum atomic E-state index is 11.9. The van der Waals surface area contributed by atoms with Gasteiger partial charge in [-0.2, -0.15) is 0 Å². The molecule has 3 rings (SSSR count). The van der Waals surface area contributed by atoms with Gasteiger partial charge in [0.15, 0.2) is 5.58 Å². The van der Waals surface area contributed by atoms with Gasteiger partial charge in [0.05, 0.1) is 18.7 Å². The van der Waals surface area contributed by atoms with Crippen LogP contribution >= 0.6 is 0 Å². The standard InChI is InChI=1S/C14H16N2O5/c17-13(18)11-9-20-8-7-15(11)5-6-16-10-3-1-2-4-12(10)21-14(16)19/h1-4,11H,5-9H2,(H,17,18). The number of morpholine rings is 1. The van der Waals surface area contributed by atoms with Gasteiger partial charge in [-0.15, -0.1) is 0 Å². The zero-order valence-corrected chi connectivity index (χ0v) is 11.4. The number of rotatable bonds is 4. The van der Waals surface area contributed by atoms with Crippen LogP contribution in [0, 0.1) is 0 Å². The Bertz CT molecular complexity index is 705. The molecule has 2 aromatic rings. The number of carboxylic acids is 1. The van der Waals surface area contributed by atoms with E-state index in [1.165, 1.54) is 4.57 Å². The van der Waals surface area contributed by atoms with Crippen molar-refractivity contribution in [1.29, 1.82) is 0 Å². The van der Waals surface area contributed by atoms with E-state index < -0.39 is 17.8 Å². The third-order valence-corrected chi connectivity index (χ3v) is 3.71. The quantitative estimate of drug-likeness (QED) is 0.877. The number of aliphatic carboxylic acids is 1. The zero-order chi connectivity index (χ0) is 14.8. The van der Waals surface area contributed by atoms with Crippen LogP contribution in [0.5, 0.6) is 0 Å². The smallest absolute Gasteiger partial charge is 0.419 e. The van der Waals surface area contributed by atoms with Gasteiger partial charge in [0.25, 0.3) is 0 Å². The van der Waals surface area contributed by atoms with E-state index in [0.29, 0.717) is 31.8 Å². The lowest BCUT2D eigenvalue weighted by atomic mass is 10.2. The van der Waals surface area contributed by atoms with Gasteiger partial charge in [-0.25, -0.2) is 4.79 Å². The highest BCUT2D eigenvalue weighted by Gasteiger charge is 2.29. The molecule has 1 aromatic heterocycles. The van der Waals surface area contributed by atoms with Gasteiger partial charge in [0.2, 0.25) is 0 Å². The maximum Gasteiger partial charge on any atom is 0.419 e. The van der Waals surface area contributed by atoms with E-state index in [-0.39, 0.29) is 6.61 Å². The van der Waals surface area contributed by atoms with Crippen molar-refractivity contribution in [3.05, 3.63) is 34.8 Å². The minimum absolute atomic E-state index is 0.177. The molecule has 1 N–H and O–H groups in total. The summed E-state index contributed by atoms with van der Waals surface area (Å²) in [5.74, 6) is -1.32. The maximum absolute atomic E-state index is 11.9. The molecule has 0 saturated carbocycles. The molecule has 1 aromatic carbocycles. The Labute approximate surface area is 120 Å². The number of carboxylic acid groups (broad SMARTS) is 1. The first kappa shape index (κ1) is 13.8. The highest BCUT2D eigenvalue weighted by atomic mass is 16.5. The number of carbonyl (C=O) groups is 1. The Hall–Kier alpha value is -2.12. The summed E-state index contributed by atoms with van der Waals surface area (Å²) in [6, 6.07) is 6.53. The SMILES string of the molecule is O=C(O)C1COCCN1CCn1c(=O)oc2ccccc21. The number of aromatic nitrogens is 1. The number of nitrogens with zero attached hydrogens (tertiary/aromatic N) is 2. The molecule has 7 nitrogen and oxygen atoms in total. The normalized spacial score (nSPS) is 19.9. The lowest BCUT2D eigenvalue weighted by Gasteiger charge is -2.32. The fourth-order valence-corrected chi connectivity index (χ4v) is 2.59. The summed E-state index contributed by atoms with van der Waals surface area (Å²) in [6.07, 6.45) is 0. The Balaban J connectivity index is 1.78. The molecular formula is C14H16N2O5. The van der Waals surface area contributed by atoms with Crippen LogP contribution in [0.3, 0.4) is 0 Å². The van der Waals surface area contributed by atoms with Gasteiger partial charge in [0, 0.05) is 19.6 Å². The molecule has 0 spiro atoms. The monoisotopic (exact) mass is 292 g/mol. The second kappa shape index (κ2) is 5.71. The fraction of sp³-hybridized carbons (Fsp3) is 0.429. The summed E-state index contributed by atoms with van der Waals surface area (Å²) < 4.78 is 11.9. The van der Waals surface area contributed by atoms with E-state index in [1.807, 2.05) is 17.0 Å². The average Bonchev–Trinajstić information content (AvgIpc) is 2.81. The molecule has 0 bridgehead atoms. The van der Waals surface area contributed by atoms with E-state index >= 15 is 0 Å². The van der Waals surface area contributed by atoms with Crippen molar-refractivity contribution in [3.8, 4) is 0 Å². The van der Waals surface area contributed by atoms with Gasteiger partial charge in [-0.1, -0.05) is 12.1 Å². The number of para-hydroxylation sites is 2. The Morgan fingerprint density at radius 3 is 2.95 bits per heavy atom. The fourth-order valence-electron chi connectivity index (χ4n) is 2.59. The van der Waals surface area contributed by atoms with Gasteiger partial charge in [-0.05, 0) is 12.1 Å². The number of hydrogen-bond donors (Lipinski definition) is 1. The zero-order valence-electron chi connectivity index (χ0n) is 11.4. The molecule has 0 radical (unpaired) electrons. The largest absolute Gasteiger partial charge is 0.480 e. The van der Waals surface area contributed by atoms with Gasteiger partial charge in [-0.3, -0.25) is 14.3 Å². The van der Waals surface area contributed by atoms with Gasteiger partial charge >= 0.3 is 11.7 Å². The summed E-state index contributed by atoms with van der Waals surface area (Å²) in [7, 11) is 0. The first-order valence-electron chi connectivity index (χ1n) is 6.80. The molecule has 1 saturated heterocycles. The average molecular weight is 292 g/mol. The molecule has 1 aliphatic rings. The molecule has 1 unspecified atom stereocenters. The van der Waals surface area contributed by atoms with Gasteiger partial charge in [0.1, 0.15) is 6.04 Å². The van der Waals surface area contributed by atoms with Crippen molar-refractivity contribution in [3.63, 3.8) is 0 Å². The van der Waals surface area contributed by atoms with Crippen LogP contribution in [0.2, 0.25) is 0 Å². The summed E-state index contributed by atoms with van der Waals surface area (Å²) in [5, 5.41) is 9.18. The molecule has 21 heavy (non-hydrogen) atoms. The molecule has 1 atom stereocenters. The Morgan fingerprint density at radius 1 is 1.33 bits per heavy atom. The number of hydrogen-bond acceptors (Lipinski definition) is 5. The number of oxazole rings is 1. The molecule has 1 aliphatic heterocycles. The second-order valence-electron chi connectivity index (χ2n) is 4.95. The molecule has 0 amide bonds. The van der Waals surface area contributed by atoms with Crippen LogP contribution in [0.4, 0.5) is 0 Å². The third kappa shape index (κ3) is 2.70. The van der Waals surface area contributed by atoms with Gasteiger partial charge < -0.3 is 14.3 Å². The predicted molar refractivity (Wildman–Crippen MR) is 74.3 cm³/mol. The topological polar surface area (TPSA) is 84.9 Å². The Morgan fingerprint density at radius 2 is 2.14 bits per heavy atom. The van der Waals surface area contributed by atoms with Crippen LogP contribution in [0.15, 0.2) is 33.5 Å². The first-order chi connectivity index (χ1) is 10.2. The minimum Gasteiger partial charge on any atom is -0.480 e. The van der Waals surface area contributed by atoms with E-state index in [2.05, 4.69) is 0 Å². The van der Waals surface area contributed by atoms with Crippen molar-refractivity contribution < 1.29 is 19.1 Å². The van der Waals surface area contributed by atoms with Crippen LogP contribution < -0.4 is 5.76 Å². The number of benzene rings is 1. The van der Waals surface area contributed by atoms with Crippen molar-refractivity contribution >= 4 is 17.1 Å². The summed E-state index contributed by atoms with van der Waals surface area (Å²) >= 11 is 0. The number of ether oxygens (including phenoxy) is 1. The van der Waals surface area contributed by atoms with E-state index in [1.54, 1.807) is 12.1 Å². The predicted octanol–water partition coefficient (Wildman–Crippen LogP) is 0.380. The van der Waals surface area contributed by atoms with E-state index in [4.69, 9.17) is 9.15 Å². The van der Waals surface area contributed by atoms with Crippen LogP contribution in [0.25, 0.3) is 11.1 Å². The van der Waals surface area contributed by atoms with Crippen LogP contribution in [-0.2, 0) is 16.1 Å². The van der Waals surface area contributed by atoms with Crippen molar-refractivity contribution in [2.45, 2.75) is 12.6 Å². The first-order valence-corrected chi connectivity index (χ1v) is 6.80. The highest BCUT2D eigenvalue weighted by Crippen LogP contribution is 2.13. The van der Waals surface area contributed by atoms with Crippen molar-refractivity contribution in [2.75, 3.05) is 26.3 Å². The molecule has 7 heteroatoms. The second-order valence-corrected chi connectivity index (χ2v) is 4.95. The third-order valence-electron chi connectivity index (χ3n) is 3.71. The lowest BCUT2D eigenvalue weighted by Crippen LogP contribution is -2.51. The van der Waals surface area contributed by atoms with E-state index in [9.17, 15) is 14.7 Å². The summed E-state index contributed by atoms with van der Waals surface area (Å²) in [4.78, 5) is 24.9. The van der Waals surface area contributed by atoms with Crippen LogP contribution in [0.1, 0.15) is 0 Å².